The summed E-state index contributed by atoms with van der Waals surface area (Å²) < 4.78 is 26.7. The third-order valence-electron chi connectivity index (χ3n) is 3.79. The molecule has 0 unspecified atom stereocenters. The van der Waals surface area contributed by atoms with Gasteiger partial charge in [0.15, 0.2) is 0 Å². The van der Waals surface area contributed by atoms with Crippen LogP contribution in [0.2, 0.25) is 0 Å². The standard InChI is InChI=1S/C16H23NO2S/c1-13-5-7-15(8-6-13)20(18,19)17-11-9-14(10-12-17)16(2,3)4/h5-9H,10-12H2,1-4H3. The van der Waals surface area contributed by atoms with Crippen molar-refractivity contribution in [3.63, 3.8) is 0 Å². The molecule has 1 heterocycles. The monoisotopic (exact) mass is 293 g/mol. The van der Waals surface area contributed by atoms with E-state index in [-0.39, 0.29) is 5.41 Å². The number of nitrogens with zero attached hydrogens (tertiary/aromatic N) is 1. The molecule has 0 N–H and O–H groups in total. The van der Waals surface area contributed by atoms with Gasteiger partial charge in [-0.2, -0.15) is 4.31 Å². The van der Waals surface area contributed by atoms with Crippen molar-refractivity contribution in [1.82, 2.24) is 4.31 Å². The molecule has 1 aromatic rings. The highest BCUT2D eigenvalue weighted by atomic mass is 32.2. The number of aryl methyl sites for hydroxylation is 1. The lowest BCUT2D eigenvalue weighted by atomic mass is 9.83. The summed E-state index contributed by atoms with van der Waals surface area (Å²) in [5.41, 5.74) is 2.53. The molecule has 110 valence electrons. The normalized spacial score (nSPS) is 17.9. The number of hydrogen-bond acceptors (Lipinski definition) is 2. The SMILES string of the molecule is Cc1ccc(S(=O)(=O)N2CC=C(C(C)(C)C)CC2)cc1. The first-order chi connectivity index (χ1) is 9.21. The maximum atomic E-state index is 12.6. The Morgan fingerprint density at radius 1 is 1.10 bits per heavy atom. The molecule has 0 amide bonds. The Labute approximate surface area is 122 Å². The van der Waals surface area contributed by atoms with Gasteiger partial charge in [-0.05, 0) is 30.9 Å². The molecule has 0 aromatic heterocycles. The molecule has 1 aliphatic rings. The van der Waals surface area contributed by atoms with Gasteiger partial charge in [-0.25, -0.2) is 8.42 Å². The largest absolute Gasteiger partial charge is 0.243 e. The van der Waals surface area contributed by atoms with Crippen molar-refractivity contribution in [3.05, 3.63) is 41.5 Å². The summed E-state index contributed by atoms with van der Waals surface area (Å²) in [6, 6.07) is 7.06. The van der Waals surface area contributed by atoms with Gasteiger partial charge in [0.1, 0.15) is 0 Å². The van der Waals surface area contributed by atoms with Gasteiger partial charge in [-0.3, -0.25) is 0 Å². The number of sulfonamides is 1. The van der Waals surface area contributed by atoms with Crippen molar-refractivity contribution in [1.29, 1.82) is 0 Å². The minimum absolute atomic E-state index is 0.125. The first-order valence-corrected chi connectivity index (χ1v) is 8.41. The van der Waals surface area contributed by atoms with Gasteiger partial charge in [0.25, 0.3) is 0 Å². The zero-order chi connectivity index (χ0) is 15.0. The van der Waals surface area contributed by atoms with Crippen LogP contribution >= 0.6 is 0 Å². The van der Waals surface area contributed by atoms with Crippen LogP contribution in [0.15, 0.2) is 40.8 Å². The maximum absolute atomic E-state index is 12.6. The summed E-state index contributed by atoms with van der Waals surface area (Å²) in [6.45, 7) is 9.51. The summed E-state index contributed by atoms with van der Waals surface area (Å²) in [5.74, 6) is 0. The van der Waals surface area contributed by atoms with Gasteiger partial charge in [-0.15, -0.1) is 0 Å². The topological polar surface area (TPSA) is 37.4 Å². The lowest BCUT2D eigenvalue weighted by Crippen LogP contribution is -2.36. The Balaban J connectivity index is 2.21. The van der Waals surface area contributed by atoms with Gasteiger partial charge in [-0.1, -0.05) is 50.1 Å². The van der Waals surface area contributed by atoms with E-state index in [9.17, 15) is 8.42 Å². The van der Waals surface area contributed by atoms with E-state index in [1.165, 1.54) is 5.57 Å². The van der Waals surface area contributed by atoms with E-state index in [2.05, 4.69) is 26.8 Å². The number of rotatable bonds is 2. The fourth-order valence-corrected chi connectivity index (χ4v) is 3.79. The Morgan fingerprint density at radius 3 is 2.15 bits per heavy atom. The van der Waals surface area contributed by atoms with Crippen molar-refractivity contribution < 1.29 is 8.42 Å². The van der Waals surface area contributed by atoms with E-state index < -0.39 is 10.0 Å². The molecule has 4 heteroatoms. The lowest BCUT2D eigenvalue weighted by Gasteiger charge is -2.31. The van der Waals surface area contributed by atoms with Crippen molar-refractivity contribution >= 4 is 10.0 Å². The molecule has 0 spiro atoms. The summed E-state index contributed by atoms with van der Waals surface area (Å²) in [5, 5.41) is 0. The Kier molecular flexibility index (Phi) is 4.07. The van der Waals surface area contributed by atoms with Crippen LogP contribution in [0, 0.1) is 12.3 Å². The Bertz CT molecular complexity index is 607. The highest BCUT2D eigenvalue weighted by Gasteiger charge is 2.28. The van der Waals surface area contributed by atoms with Gasteiger partial charge in [0.2, 0.25) is 10.0 Å². The van der Waals surface area contributed by atoms with Crippen LogP contribution in [0.4, 0.5) is 0 Å². The molecule has 0 saturated carbocycles. The Hall–Kier alpha value is -1.13. The summed E-state index contributed by atoms with van der Waals surface area (Å²) >= 11 is 0. The molecule has 1 aromatic carbocycles. The first kappa shape index (κ1) is 15.3. The van der Waals surface area contributed by atoms with E-state index in [0.717, 1.165) is 12.0 Å². The Morgan fingerprint density at radius 2 is 1.70 bits per heavy atom. The molecule has 2 rings (SSSR count). The smallest absolute Gasteiger partial charge is 0.207 e. The van der Waals surface area contributed by atoms with Crippen molar-refractivity contribution in [2.75, 3.05) is 13.1 Å². The predicted octanol–water partition coefficient (Wildman–Crippen LogP) is 3.36. The van der Waals surface area contributed by atoms with E-state index in [0.29, 0.717) is 18.0 Å². The molecular weight excluding hydrogens is 270 g/mol. The fourth-order valence-electron chi connectivity index (χ4n) is 2.41. The van der Waals surface area contributed by atoms with Crippen molar-refractivity contribution in [2.45, 2.75) is 39.0 Å². The molecule has 0 fully saturated rings. The maximum Gasteiger partial charge on any atom is 0.243 e. The summed E-state index contributed by atoms with van der Waals surface area (Å²) in [6.07, 6.45) is 2.88. The van der Waals surface area contributed by atoms with Crippen molar-refractivity contribution in [3.8, 4) is 0 Å². The second-order valence-electron chi connectivity index (χ2n) is 6.41. The van der Waals surface area contributed by atoms with Gasteiger partial charge >= 0.3 is 0 Å². The molecule has 0 atom stereocenters. The third-order valence-corrected chi connectivity index (χ3v) is 5.67. The van der Waals surface area contributed by atoms with Crippen LogP contribution in [-0.2, 0) is 10.0 Å². The molecule has 1 aliphatic heterocycles. The van der Waals surface area contributed by atoms with Crippen LogP contribution in [-0.4, -0.2) is 25.8 Å². The molecule has 0 radical (unpaired) electrons. The zero-order valence-corrected chi connectivity index (χ0v) is 13.5. The molecule has 20 heavy (non-hydrogen) atoms. The zero-order valence-electron chi connectivity index (χ0n) is 12.7. The second-order valence-corrected chi connectivity index (χ2v) is 8.34. The van der Waals surface area contributed by atoms with Gasteiger partial charge in [0, 0.05) is 13.1 Å². The second kappa shape index (κ2) is 5.34. The van der Waals surface area contributed by atoms with E-state index in [1.807, 2.05) is 19.1 Å². The molecule has 3 nitrogen and oxygen atoms in total. The highest BCUT2D eigenvalue weighted by Crippen LogP contribution is 2.31. The third kappa shape index (κ3) is 3.13. The summed E-state index contributed by atoms with van der Waals surface area (Å²) in [4.78, 5) is 0.385. The van der Waals surface area contributed by atoms with Crippen LogP contribution < -0.4 is 0 Å². The van der Waals surface area contributed by atoms with E-state index >= 15 is 0 Å². The quantitative estimate of drug-likeness (QED) is 0.784. The van der Waals surface area contributed by atoms with Crippen LogP contribution in [0.3, 0.4) is 0 Å². The van der Waals surface area contributed by atoms with Gasteiger partial charge < -0.3 is 0 Å². The van der Waals surface area contributed by atoms with E-state index in [1.54, 1.807) is 16.4 Å². The van der Waals surface area contributed by atoms with Gasteiger partial charge in [0.05, 0.1) is 4.90 Å². The van der Waals surface area contributed by atoms with E-state index in [4.69, 9.17) is 0 Å². The predicted molar refractivity (Wildman–Crippen MR) is 82.1 cm³/mol. The highest BCUT2D eigenvalue weighted by molar-refractivity contribution is 7.89. The van der Waals surface area contributed by atoms with Crippen LogP contribution in [0.1, 0.15) is 32.8 Å². The van der Waals surface area contributed by atoms with Crippen LogP contribution in [0.25, 0.3) is 0 Å². The van der Waals surface area contributed by atoms with Crippen LogP contribution in [0.5, 0.6) is 0 Å². The average Bonchev–Trinajstić information content (AvgIpc) is 2.38. The number of benzene rings is 1. The number of hydrogen-bond donors (Lipinski definition) is 0. The molecule has 0 saturated heterocycles. The van der Waals surface area contributed by atoms with Crippen molar-refractivity contribution in [2.24, 2.45) is 5.41 Å². The first-order valence-electron chi connectivity index (χ1n) is 6.97. The molecular formula is C16H23NO2S. The fraction of sp³-hybridized carbons (Fsp3) is 0.500. The summed E-state index contributed by atoms with van der Waals surface area (Å²) in [7, 11) is -3.36. The average molecular weight is 293 g/mol. The minimum atomic E-state index is -3.36. The lowest BCUT2D eigenvalue weighted by molar-refractivity contribution is 0.389. The molecule has 0 bridgehead atoms. The minimum Gasteiger partial charge on any atom is -0.207 e. The molecule has 0 aliphatic carbocycles.